The molecule has 1 aromatic heterocycles. The quantitative estimate of drug-likeness (QED) is 0.390. The van der Waals surface area contributed by atoms with Crippen molar-refractivity contribution in [2.45, 2.75) is 90.6 Å². The van der Waals surface area contributed by atoms with Crippen LogP contribution >= 0.6 is 0 Å². The van der Waals surface area contributed by atoms with Crippen LogP contribution in [0.2, 0.25) is 18.1 Å². The predicted molar refractivity (Wildman–Crippen MR) is 145 cm³/mol. The lowest BCUT2D eigenvalue weighted by Gasteiger charge is -2.37. The summed E-state index contributed by atoms with van der Waals surface area (Å²) in [6.45, 7) is 10.9. The third-order valence-electron chi connectivity index (χ3n) is 10.3. The van der Waals surface area contributed by atoms with Gasteiger partial charge in [-0.25, -0.2) is 12.7 Å². The maximum absolute atomic E-state index is 14.0. The minimum Gasteiger partial charge on any atom is -0.409 e. The Kier molecular flexibility index (Phi) is 6.40. The van der Waals surface area contributed by atoms with Crippen LogP contribution in [0.5, 0.6) is 0 Å². The van der Waals surface area contributed by atoms with Crippen LogP contribution in [0.25, 0.3) is 10.9 Å². The highest BCUT2D eigenvalue weighted by Gasteiger charge is 2.72. The van der Waals surface area contributed by atoms with Crippen molar-refractivity contribution in [1.29, 1.82) is 0 Å². The van der Waals surface area contributed by atoms with Crippen LogP contribution in [0.3, 0.4) is 0 Å². The topological polar surface area (TPSA) is 76.6 Å². The standard InChI is InChI=1S/C28H40N2O4SSi/c1-6-36(7-2,8-3)34-24(21-12-11-20-10-9-15-29-23(20)16-21)18-26(31)30-25-17-22-13-14-28(25,27(22,4)5)19-35(30,32)33/h9-12,15-16,22,24-25H,6-8,13-14,17-19H2,1-5H3/t22?,24-,25+,28+/m1/s1. The minimum atomic E-state index is -3.66. The Labute approximate surface area is 217 Å². The van der Waals surface area contributed by atoms with Gasteiger partial charge in [0.05, 0.1) is 29.8 Å². The van der Waals surface area contributed by atoms with Crippen molar-refractivity contribution in [3.63, 3.8) is 0 Å². The smallest absolute Gasteiger partial charge is 0.239 e. The zero-order chi connectivity index (χ0) is 25.9. The molecule has 6 nitrogen and oxygen atoms in total. The third-order valence-corrected chi connectivity index (χ3v) is 16.9. The maximum Gasteiger partial charge on any atom is 0.239 e. The van der Waals surface area contributed by atoms with Gasteiger partial charge in [-0.2, -0.15) is 0 Å². The van der Waals surface area contributed by atoms with E-state index in [4.69, 9.17) is 4.43 Å². The summed E-state index contributed by atoms with van der Waals surface area (Å²) in [5.41, 5.74) is 1.38. The van der Waals surface area contributed by atoms with Crippen molar-refractivity contribution in [2.75, 3.05) is 5.75 Å². The molecule has 8 heteroatoms. The van der Waals surface area contributed by atoms with Gasteiger partial charge in [-0.3, -0.25) is 9.78 Å². The Balaban J connectivity index is 1.50. The van der Waals surface area contributed by atoms with Gasteiger partial charge in [-0.15, -0.1) is 0 Å². The van der Waals surface area contributed by atoms with Crippen molar-refractivity contribution >= 4 is 35.2 Å². The molecule has 2 aromatic rings. The van der Waals surface area contributed by atoms with E-state index >= 15 is 0 Å². The van der Waals surface area contributed by atoms with Gasteiger partial charge >= 0.3 is 0 Å². The summed E-state index contributed by atoms with van der Waals surface area (Å²) in [6.07, 6.45) is 4.09. The van der Waals surface area contributed by atoms with Gasteiger partial charge in [0.15, 0.2) is 8.32 Å². The minimum absolute atomic E-state index is 0.0456. The first-order valence-electron chi connectivity index (χ1n) is 13.6. The normalized spacial score (nSPS) is 29.0. The fourth-order valence-electron chi connectivity index (χ4n) is 7.68. The number of hydrogen-bond acceptors (Lipinski definition) is 5. The van der Waals surface area contributed by atoms with Crippen LogP contribution in [-0.2, 0) is 19.2 Å². The molecular weight excluding hydrogens is 488 g/mol. The first kappa shape index (κ1) is 25.9. The first-order valence-corrected chi connectivity index (χ1v) is 17.7. The van der Waals surface area contributed by atoms with Gasteiger partial charge in [0, 0.05) is 17.0 Å². The van der Waals surface area contributed by atoms with Gasteiger partial charge in [-0.05, 0) is 66.4 Å². The number of pyridine rings is 1. The van der Waals surface area contributed by atoms with E-state index in [0.717, 1.165) is 53.9 Å². The molecule has 1 spiro atoms. The van der Waals surface area contributed by atoms with E-state index in [1.807, 2.05) is 30.3 Å². The molecule has 1 amide bonds. The second-order valence-electron chi connectivity index (χ2n) is 11.8. The Morgan fingerprint density at radius 2 is 1.92 bits per heavy atom. The third kappa shape index (κ3) is 3.78. The van der Waals surface area contributed by atoms with Crippen molar-refractivity contribution < 1.29 is 17.6 Å². The molecular formula is C28H40N2O4SSi. The van der Waals surface area contributed by atoms with Gasteiger partial charge in [0.2, 0.25) is 15.9 Å². The first-order chi connectivity index (χ1) is 17.0. The van der Waals surface area contributed by atoms with Crippen molar-refractivity contribution in [1.82, 2.24) is 9.29 Å². The summed E-state index contributed by atoms with van der Waals surface area (Å²) < 4.78 is 35.2. The summed E-state index contributed by atoms with van der Waals surface area (Å²) in [5.74, 6) is 0.271. The molecule has 0 N–H and O–H groups in total. The molecule has 3 fully saturated rings. The zero-order valence-electron chi connectivity index (χ0n) is 22.3. The molecule has 2 saturated carbocycles. The molecule has 4 atom stereocenters. The highest BCUT2D eigenvalue weighted by atomic mass is 32.2. The number of rotatable bonds is 8. The van der Waals surface area contributed by atoms with Gasteiger partial charge in [0.1, 0.15) is 0 Å². The van der Waals surface area contributed by atoms with Gasteiger partial charge < -0.3 is 4.43 Å². The van der Waals surface area contributed by atoms with Crippen molar-refractivity contribution in [2.24, 2.45) is 16.7 Å². The van der Waals surface area contributed by atoms with Crippen LogP contribution in [0.1, 0.15) is 72.0 Å². The summed E-state index contributed by atoms with van der Waals surface area (Å²) in [6, 6.07) is 12.6. The molecule has 2 bridgehead atoms. The summed E-state index contributed by atoms with van der Waals surface area (Å²) in [4.78, 5) is 18.5. The van der Waals surface area contributed by atoms with E-state index in [9.17, 15) is 13.2 Å². The second kappa shape index (κ2) is 8.91. The lowest BCUT2D eigenvalue weighted by Crippen LogP contribution is -2.45. The average Bonchev–Trinajstić information content (AvgIpc) is 3.34. The molecule has 3 aliphatic rings. The van der Waals surface area contributed by atoms with Gasteiger partial charge in [0.25, 0.3) is 0 Å². The molecule has 1 aromatic carbocycles. The number of benzene rings is 1. The van der Waals surface area contributed by atoms with Crippen LogP contribution in [0.15, 0.2) is 36.5 Å². The Bertz CT molecular complexity index is 1270. The number of carbonyl (C=O) groups is 1. The Morgan fingerprint density at radius 3 is 2.58 bits per heavy atom. The number of hydrogen-bond donors (Lipinski definition) is 0. The highest BCUT2D eigenvalue weighted by molar-refractivity contribution is 7.90. The largest absolute Gasteiger partial charge is 0.409 e. The molecule has 2 heterocycles. The Morgan fingerprint density at radius 1 is 1.19 bits per heavy atom. The number of carbonyl (C=O) groups excluding carboxylic acids is 1. The van der Waals surface area contributed by atoms with Crippen molar-refractivity contribution in [3.05, 3.63) is 42.1 Å². The summed E-state index contributed by atoms with van der Waals surface area (Å²) in [5, 5.41) is 1.03. The van der Waals surface area contributed by atoms with E-state index in [1.54, 1.807) is 6.20 Å². The number of aromatic nitrogens is 1. The summed E-state index contributed by atoms with van der Waals surface area (Å²) in [7, 11) is -5.73. The molecule has 2 aliphatic carbocycles. The van der Waals surface area contributed by atoms with Gasteiger partial charge in [-0.1, -0.05) is 52.8 Å². The molecule has 0 radical (unpaired) electrons. The highest BCUT2D eigenvalue weighted by Crippen LogP contribution is 2.70. The number of amides is 1. The lowest BCUT2D eigenvalue weighted by atomic mass is 9.69. The van der Waals surface area contributed by atoms with E-state index in [1.165, 1.54) is 4.31 Å². The number of fused-ring (bicyclic) bond motifs is 2. The monoisotopic (exact) mass is 528 g/mol. The van der Waals surface area contributed by atoms with E-state index in [2.05, 4.69) is 39.6 Å². The zero-order valence-corrected chi connectivity index (χ0v) is 24.1. The number of nitrogens with zero attached hydrogens (tertiary/aromatic N) is 2. The molecule has 5 rings (SSSR count). The van der Waals surface area contributed by atoms with Crippen LogP contribution in [0.4, 0.5) is 0 Å². The molecule has 1 unspecified atom stereocenters. The molecule has 1 saturated heterocycles. The average molecular weight is 529 g/mol. The Hall–Kier alpha value is -1.77. The van der Waals surface area contributed by atoms with Crippen LogP contribution in [-0.4, -0.2) is 43.7 Å². The van der Waals surface area contributed by atoms with Crippen LogP contribution < -0.4 is 0 Å². The van der Waals surface area contributed by atoms with Crippen molar-refractivity contribution in [3.8, 4) is 0 Å². The molecule has 196 valence electrons. The van der Waals surface area contributed by atoms with Crippen LogP contribution in [0, 0.1) is 16.7 Å². The fraction of sp³-hybridized carbons (Fsp3) is 0.643. The summed E-state index contributed by atoms with van der Waals surface area (Å²) >= 11 is 0. The SMILES string of the molecule is CC[Si](CC)(CC)O[C@H](CC(=O)N1[C@H]2CC3CC[C@@]2(CS1(=O)=O)C3(C)C)c1ccc2cccnc2c1. The van der Waals surface area contributed by atoms with E-state index < -0.39 is 24.4 Å². The molecule has 1 aliphatic heterocycles. The molecule has 36 heavy (non-hydrogen) atoms. The lowest BCUT2D eigenvalue weighted by molar-refractivity contribution is -0.130. The maximum atomic E-state index is 14.0. The number of sulfonamides is 1. The van der Waals surface area contributed by atoms with E-state index in [0.29, 0.717) is 5.92 Å². The second-order valence-corrected chi connectivity index (χ2v) is 18.4. The van der Waals surface area contributed by atoms with E-state index in [-0.39, 0.29) is 35.0 Å². The fourth-order valence-corrected chi connectivity index (χ4v) is 13.1. The predicted octanol–water partition coefficient (Wildman–Crippen LogP) is 6.05.